The molecule has 0 radical (unpaired) electrons. The van der Waals surface area contributed by atoms with Crippen LogP contribution in [0.1, 0.15) is 5.56 Å². The molecule has 0 saturated carbocycles. The fraction of sp³-hybridized carbons (Fsp3) is 0.0952. The third-order valence-electron chi connectivity index (χ3n) is 4.77. The Hall–Kier alpha value is -4.75. The average Bonchev–Trinajstić information content (AvgIpc) is 3.16. The molecule has 0 aliphatic carbocycles. The molecule has 182 valence electrons. The first-order valence-corrected chi connectivity index (χ1v) is 9.79. The molecule has 6 N–H and O–H groups in total. The molecule has 35 heavy (non-hydrogen) atoms. The molecule has 1 aromatic heterocycles. The highest BCUT2D eigenvalue weighted by Gasteiger charge is 2.32. The van der Waals surface area contributed by atoms with Crippen molar-refractivity contribution < 1.29 is 37.0 Å². The van der Waals surface area contributed by atoms with E-state index >= 15 is 0 Å². The molecule has 3 aromatic rings. The maximum Gasteiger partial charge on any atom is 0.416 e. The Morgan fingerprint density at radius 3 is 2.43 bits per heavy atom. The third kappa shape index (κ3) is 5.10. The SMILES string of the molecule is NC(=O)N(c1ccc(Oc2ccc3c(n2)NC(NC(=O)O)N3)cc1)c1cc(C(F)(F)F)ccc1F. The number of fused-ring (bicyclic) bond motifs is 1. The monoisotopic (exact) mass is 492 g/mol. The first-order chi connectivity index (χ1) is 16.5. The van der Waals surface area contributed by atoms with E-state index < -0.39 is 41.7 Å². The first kappa shape index (κ1) is 23.4. The Labute approximate surface area is 194 Å². The molecule has 1 aliphatic rings. The normalized spacial score (nSPS) is 14.3. The van der Waals surface area contributed by atoms with E-state index in [0.717, 1.165) is 0 Å². The number of amides is 3. The summed E-state index contributed by atoms with van der Waals surface area (Å²) in [5.74, 6) is -0.368. The van der Waals surface area contributed by atoms with Crippen molar-refractivity contribution in [3.8, 4) is 11.6 Å². The number of anilines is 4. The van der Waals surface area contributed by atoms with Crippen LogP contribution in [0.25, 0.3) is 0 Å². The highest BCUT2D eigenvalue weighted by Crippen LogP contribution is 2.36. The highest BCUT2D eigenvalue weighted by atomic mass is 19.4. The number of carbonyl (C=O) groups is 2. The predicted octanol–water partition coefficient (Wildman–Crippen LogP) is 4.64. The lowest BCUT2D eigenvalue weighted by Gasteiger charge is -2.22. The molecular formula is C21H16F4N6O4. The number of nitrogens with zero attached hydrogens (tertiary/aromatic N) is 2. The lowest BCUT2D eigenvalue weighted by atomic mass is 10.1. The van der Waals surface area contributed by atoms with Gasteiger partial charge in [0, 0.05) is 6.07 Å². The molecule has 0 saturated heterocycles. The maximum absolute atomic E-state index is 14.3. The number of alkyl halides is 3. The van der Waals surface area contributed by atoms with E-state index in [-0.39, 0.29) is 17.3 Å². The van der Waals surface area contributed by atoms with E-state index in [4.69, 9.17) is 15.6 Å². The lowest BCUT2D eigenvalue weighted by molar-refractivity contribution is -0.137. The predicted molar refractivity (Wildman–Crippen MR) is 116 cm³/mol. The van der Waals surface area contributed by atoms with Crippen LogP contribution in [-0.4, -0.2) is 28.5 Å². The van der Waals surface area contributed by atoms with Crippen LogP contribution in [0.15, 0.2) is 54.6 Å². The number of carboxylic acid groups (broad SMARTS) is 1. The smallest absolute Gasteiger partial charge is 0.416 e. The van der Waals surface area contributed by atoms with Crippen molar-refractivity contribution in [2.75, 3.05) is 15.5 Å². The van der Waals surface area contributed by atoms with Gasteiger partial charge in [-0.2, -0.15) is 18.2 Å². The molecule has 4 rings (SSSR count). The molecule has 0 spiro atoms. The van der Waals surface area contributed by atoms with Crippen molar-refractivity contribution in [2.45, 2.75) is 12.5 Å². The van der Waals surface area contributed by atoms with Crippen LogP contribution < -0.4 is 31.3 Å². The van der Waals surface area contributed by atoms with Crippen LogP contribution >= 0.6 is 0 Å². The topological polar surface area (TPSA) is 142 Å². The quantitative estimate of drug-likeness (QED) is 0.327. The van der Waals surface area contributed by atoms with Gasteiger partial charge in [0.2, 0.25) is 5.88 Å². The van der Waals surface area contributed by atoms with Crippen molar-refractivity contribution in [2.24, 2.45) is 5.73 Å². The van der Waals surface area contributed by atoms with E-state index in [0.29, 0.717) is 34.6 Å². The van der Waals surface area contributed by atoms with Gasteiger partial charge in [0.15, 0.2) is 12.1 Å². The number of nitrogens with two attached hydrogens (primary N) is 1. The zero-order valence-corrected chi connectivity index (χ0v) is 17.4. The van der Waals surface area contributed by atoms with Gasteiger partial charge in [0.25, 0.3) is 0 Å². The lowest BCUT2D eigenvalue weighted by Crippen LogP contribution is -2.42. The summed E-state index contributed by atoms with van der Waals surface area (Å²) < 4.78 is 59.2. The molecule has 3 amide bonds. The van der Waals surface area contributed by atoms with Crippen molar-refractivity contribution >= 4 is 35.0 Å². The minimum atomic E-state index is -4.75. The Morgan fingerprint density at radius 1 is 1.09 bits per heavy atom. The first-order valence-electron chi connectivity index (χ1n) is 9.79. The van der Waals surface area contributed by atoms with E-state index in [2.05, 4.69) is 20.9 Å². The van der Waals surface area contributed by atoms with Gasteiger partial charge < -0.3 is 26.2 Å². The number of pyridine rings is 1. The van der Waals surface area contributed by atoms with E-state index in [1.54, 1.807) is 6.07 Å². The van der Waals surface area contributed by atoms with Crippen molar-refractivity contribution in [3.05, 3.63) is 66.0 Å². The second kappa shape index (κ2) is 8.89. The van der Waals surface area contributed by atoms with E-state index in [1.807, 2.05) is 0 Å². The molecule has 14 heteroatoms. The van der Waals surface area contributed by atoms with Crippen LogP contribution in [0.3, 0.4) is 0 Å². The van der Waals surface area contributed by atoms with Gasteiger partial charge in [-0.15, -0.1) is 0 Å². The number of benzene rings is 2. The van der Waals surface area contributed by atoms with Gasteiger partial charge in [0.1, 0.15) is 11.6 Å². The molecule has 2 heterocycles. The van der Waals surface area contributed by atoms with Crippen molar-refractivity contribution in [3.63, 3.8) is 0 Å². The summed E-state index contributed by atoms with van der Waals surface area (Å²) in [5, 5.41) is 16.6. The highest BCUT2D eigenvalue weighted by molar-refractivity contribution is 5.98. The van der Waals surface area contributed by atoms with Gasteiger partial charge in [-0.1, -0.05) is 0 Å². The molecule has 1 unspecified atom stereocenters. The van der Waals surface area contributed by atoms with Gasteiger partial charge >= 0.3 is 18.3 Å². The summed E-state index contributed by atoms with van der Waals surface area (Å²) in [5.41, 5.74) is 4.05. The zero-order chi connectivity index (χ0) is 25.3. The second-order valence-corrected chi connectivity index (χ2v) is 7.15. The Morgan fingerprint density at radius 2 is 1.80 bits per heavy atom. The number of halogens is 4. The number of ether oxygens (including phenoxy) is 1. The summed E-state index contributed by atoms with van der Waals surface area (Å²) in [6.45, 7) is 0. The van der Waals surface area contributed by atoms with Crippen LogP contribution in [-0.2, 0) is 6.18 Å². The standard InChI is InChI=1S/C21H16F4N6O4/c22-13-6-1-10(21(23,24)25)9-15(13)31(18(26)32)11-2-4-12(5-3-11)35-16-8-7-14-17(28-16)29-19(27-14)30-20(33)34/h1-9,19,27,30H,(H2,26,32)(H,28,29)(H,33,34). The fourth-order valence-electron chi connectivity index (χ4n) is 3.28. The Kier molecular flexibility index (Phi) is 5.94. The summed E-state index contributed by atoms with van der Waals surface area (Å²) in [4.78, 5) is 27.6. The molecule has 2 aromatic carbocycles. The van der Waals surface area contributed by atoms with E-state index in [1.165, 1.54) is 30.3 Å². The minimum Gasteiger partial charge on any atom is -0.465 e. The fourth-order valence-corrected chi connectivity index (χ4v) is 3.28. The van der Waals surface area contributed by atoms with Crippen molar-refractivity contribution in [1.82, 2.24) is 10.3 Å². The Bertz CT molecular complexity index is 1290. The summed E-state index contributed by atoms with van der Waals surface area (Å²) >= 11 is 0. The molecule has 10 nitrogen and oxygen atoms in total. The Balaban J connectivity index is 1.54. The van der Waals surface area contributed by atoms with Crippen LogP contribution in [0.2, 0.25) is 0 Å². The maximum atomic E-state index is 14.3. The van der Waals surface area contributed by atoms with Crippen molar-refractivity contribution in [1.29, 1.82) is 0 Å². The summed E-state index contributed by atoms with van der Waals surface area (Å²) in [7, 11) is 0. The second-order valence-electron chi connectivity index (χ2n) is 7.15. The summed E-state index contributed by atoms with van der Waals surface area (Å²) in [6.07, 6.45) is -6.77. The number of urea groups is 1. The third-order valence-corrected chi connectivity index (χ3v) is 4.77. The molecule has 1 atom stereocenters. The van der Waals surface area contributed by atoms with Gasteiger partial charge in [-0.3, -0.25) is 10.2 Å². The number of rotatable bonds is 5. The number of hydrogen-bond donors (Lipinski definition) is 5. The largest absolute Gasteiger partial charge is 0.465 e. The molecule has 0 fully saturated rings. The molecular weight excluding hydrogens is 476 g/mol. The number of carbonyl (C=O) groups excluding carboxylic acids is 1. The van der Waals surface area contributed by atoms with E-state index in [9.17, 15) is 27.2 Å². The number of aromatic nitrogens is 1. The average molecular weight is 492 g/mol. The summed E-state index contributed by atoms with van der Waals surface area (Å²) in [6, 6.07) is 8.95. The van der Waals surface area contributed by atoms with Gasteiger partial charge in [-0.25, -0.2) is 14.0 Å². The number of hydrogen-bond acceptors (Lipinski definition) is 6. The van der Waals surface area contributed by atoms with Gasteiger partial charge in [-0.05, 0) is 48.5 Å². The number of primary amides is 1. The molecule has 1 aliphatic heterocycles. The van der Waals surface area contributed by atoms with Crippen LogP contribution in [0.5, 0.6) is 11.6 Å². The van der Waals surface area contributed by atoms with Crippen LogP contribution in [0, 0.1) is 5.82 Å². The van der Waals surface area contributed by atoms with Gasteiger partial charge in [0.05, 0.1) is 22.6 Å². The zero-order valence-electron chi connectivity index (χ0n) is 17.4. The molecule has 0 bridgehead atoms. The van der Waals surface area contributed by atoms with Crippen LogP contribution in [0.4, 0.5) is 50.0 Å². The minimum absolute atomic E-state index is 0.00144. The number of nitrogens with one attached hydrogen (secondary N) is 3.